The van der Waals surface area contributed by atoms with Gasteiger partial charge in [0.25, 0.3) is 11.1 Å². The summed E-state index contributed by atoms with van der Waals surface area (Å²) in [6, 6.07) is 6.34. The van der Waals surface area contributed by atoms with Gasteiger partial charge in [-0.1, -0.05) is 0 Å². The monoisotopic (exact) mass is 553 g/mol. The van der Waals surface area contributed by atoms with Gasteiger partial charge in [0.2, 0.25) is 0 Å². The third kappa shape index (κ3) is 6.38. The predicted octanol–water partition coefficient (Wildman–Crippen LogP) is 5.19. The van der Waals surface area contributed by atoms with Crippen LogP contribution in [0.1, 0.15) is 25.3 Å². The van der Waals surface area contributed by atoms with E-state index < -0.39 is 47.0 Å². The Kier molecular flexibility index (Phi) is 7.93. The van der Waals surface area contributed by atoms with Crippen molar-refractivity contribution in [3.8, 4) is 17.0 Å². The molecule has 2 N–H and O–H groups in total. The minimum Gasteiger partial charge on any atom is -0.433 e. The molecule has 206 valence electrons. The van der Waals surface area contributed by atoms with Crippen LogP contribution in [-0.2, 0) is 12.7 Å². The Bertz CT molecular complexity index is 1580. The molecule has 0 amide bonds. The van der Waals surface area contributed by atoms with Crippen LogP contribution >= 0.6 is 0 Å². The maximum Gasteiger partial charge on any atom is 0.423 e. The van der Waals surface area contributed by atoms with E-state index in [4.69, 9.17) is 0 Å². The first-order chi connectivity index (χ1) is 18.4. The zero-order chi connectivity index (χ0) is 28.3. The molecule has 14 heteroatoms. The molecule has 0 fully saturated rings. The molecule has 0 saturated heterocycles. The highest BCUT2D eigenvalue weighted by molar-refractivity contribution is 5.86. The van der Waals surface area contributed by atoms with Crippen LogP contribution in [0.4, 0.5) is 32.0 Å². The molecule has 0 spiro atoms. The molecule has 4 aromatic rings. The predicted molar refractivity (Wildman–Crippen MR) is 130 cm³/mol. The second-order valence-corrected chi connectivity index (χ2v) is 8.67. The van der Waals surface area contributed by atoms with E-state index in [-0.39, 0.29) is 23.4 Å². The maximum absolute atomic E-state index is 15.0. The SMILES string of the molecule is C[C@@H](CCCn1ccc2cc(-c3ccc(OC(F)F)cn3)cc(F)c2c1=O)Nc1cn[nH]c(=O)c1C(F)(F)F. The molecule has 4 rings (SSSR count). The lowest BCUT2D eigenvalue weighted by atomic mass is 10.0. The number of fused-ring (bicyclic) bond motifs is 1. The second-order valence-electron chi connectivity index (χ2n) is 8.67. The number of H-pyrrole nitrogens is 1. The highest BCUT2D eigenvalue weighted by Crippen LogP contribution is 2.32. The van der Waals surface area contributed by atoms with E-state index in [1.165, 1.54) is 29.0 Å². The number of hydrogen-bond donors (Lipinski definition) is 2. The van der Waals surface area contributed by atoms with Crippen molar-refractivity contribution >= 4 is 16.5 Å². The Morgan fingerprint density at radius 3 is 2.56 bits per heavy atom. The number of aromatic nitrogens is 4. The second kappa shape index (κ2) is 11.2. The van der Waals surface area contributed by atoms with Crippen LogP contribution in [0.5, 0.6) is 5.75 Å². The standard InChI is InChI=1S/C25H21F6N5O3/c1-13(34-19-12-33-35-22(37)21(19)25(29,30)31)3-2-7-36-8-6-14-9-15(10-17(26)20(14)23(36)38)18-5-4-16(11-32-18)39-24(27)28/h4-6,8-13,24H,2-3,7H2,1H3,(H2,34,35,37)/t13-/m0/s1. The van der Waals surface area contributed by atoms with Crippen molar-refractivity contribution in [2.45, 2.75) is 45.1 Å². The third-order valence-corrected chi connectivity index (χ3v) is 5.86. The number of hydrogen-bond acceptors (Lipinski definition) is 6. The van der Waals surface area contributed by atoms with Crippen molar-refractivity contribution < 1.29 is 31.1 Å². The number of aryl methyl sites for hydroxylation is 1. The van der Waals surface area contributed by atoms with Crippen molar-refractivity contribution in [3.05, 3.63) is 81.0 Å². The summed E-state index contributed by atoms with van der Waals surface area (Å²) in [5.74, 6) is -0.953. The first-order valence-corrected chi connectivity index (χ1v) is 11.6. The Hall–Kier alpha value is -4.36. The lowest BCUT2D eigenvalue weighted by Crippen LogP contribution is -2.27. The van der Waals surface area contributed by atoms with Crippen LogP contribution in [0.15, 0.2) is 58.5 Å². The van der Waals surface area contributed by atoms with Crippen LogP contribution in [0.3, 0.4) is 0 Å². The van der Waals surface area contributed by atoms with E-state index in [9.17, 15) is 35.9 Å². The molecular weight excluding hydrogens is 532 g/mol. The number of anilines is 1. The molecule has 0 aliphatic heterocycles. The number of halogens is 6. The smallest absolute Gasteiger partial charge is 0.423 e. The van der Waals surface area contributed by atoms with Gasteiger partial charge >= 0.3 is 12.8 Å². The highest BCUT2D eigenvalue weighted by atomic mass is 19.4. The summed E-state index contributed by atoms with van der Waals surface area (Å²) in [4.78, 5) is 28.5. The van der Waals surface area contributed by atoms with Crippen molar-refractivity contribution in [1.29, 1.82) is 0 Å². The number of nitrogens with one attached hydrogen (secondary N) is 2. The van der Waals surface area contributed by atoms with E-state index >= 15 is 0 Å². The summed E-state index contributed by atoms with van der Waals surface area (Å²) in [6.45, 7) is -1.23. The lowest BCUT2D eigenvalue weighted by molar-refractivity contribution is -0.138. The zero-order valence-electron chi connectivity index (χ0n) is 20.2. The van der Waals surface area contributed by atoms with Gasteiger partial charge < -0.3 is 14.6 Å². The maximum atomic E-state index is 15.0. The largest absolute Gasteiger partial charge is 0.433 e. The molecule has 0 aliphatic carbocycles. The summed E-state index contributed by atoms with van der Waals surface area (Å²) in [5, 5.41) is 7.95. The van der Waals surface area contributed by atoms with Gasteiger partial charge in [-0.2, -0.15) is 27.1 Å². The van der Waals surface area contributed by atoms with Crippen LogP contribution in [0.25, 0.3) is 22.0 Å². The van der Waals surface area contributed by atoms with Gasteiger partial charge in [-0.25, -0.2) is 9.49 Å². The van der Waals surface area contributed by atoms with Crippen LogP contribution < -0.4 is 21.2 Å². The molecular formula is C25H21F6N5O3. The van der Waals surface area contributed by atoms with Gasteiger partial charge in [0.05, 0.1) is 29.2 Å². The fourth-order valence-electron chi connectivity index (χ4n) is 4.11. The molecule has 0 bridgehead atoms. The Morgan fingerprint density at radius 1 is 1.13 bits per heavy atom. The van der Waals surface area contributed by atoms with E-state index in [1.807, 2.05) is 0 Å². The lowest BCUT2D eigenvalue weighted by Gasteiger charge is -2.18. The highest BCUT2D eigenvalue weighted by Gasteiger charge is 2.37. The van der Waals surface area contributed by atoms with Gasteiger partial charge in [0.15, 0.2) is 0 Å². The minimum atomic E-state index is -4.87. The quantitative estimate of drug-likeness (QED) is 0.277. The molecule has 8 nitrogen and oxygen atoms in total. The third-order valence-electron chi connectivity index (χ3n) is 5.86. The van der Waals surface area contributed by atoms with Gasteiger partial charge in [-0.3, -0.25) is 14.6 Å². The number of alkyl halides is 5. The fraction of sp³-hybridized carbons (Fsp3) is 0.280. The first-order valence-electron chi connectivity index (χ1n) is 11.6. The molecule has 0 saturated carbocycles. The number of pyridine rings is 2. The van der Waals surface area contributed by atoms with Gasteiger partial charge in [-0.15, -0.1) is 0 Å². The van der Waals surface area contributed by atoms with Gasteiger partial charge in [-0.05, 0) is 55.5 Å². The molecule has 1 aromatic carbocycles. The van der Waals surface area contributed by atoms with Crippen molar-refractivity contribution in [2.75, 3.05) is 5.32 Å². The number of benzene rings is 1. The van der Waals surface area contributed by atoms with E-state index in [2.05, 4.69) is 20.1 Å². The molecule has 0 aliphatic rings. The fourth-order valence-corrected chi connectivity index (χ4v) is 4.11. The Morgan fingerprint density at radius 2 is 1.90 bits per heavy atom. The molecule has 3 aromatic heterocycles. The zero-order valence-corrected chi connectivity index (χ0v) is 20.2. The average molecular weight is 553 g/mol. The molecule has 0 unspecified atom stereocenters. The summed E-state index contributed by atoms with van der Waals surface area (Å²) >= 11 is 0. The van der Waals surface area contributed by atoms with E-state index in [1.54, 1.807) is 18.1 Å². The molecule has 39 heavy (non-hydrogen) atoms. The number of aromatic amines is 1. The van der Waals surface area contributed by atoms with Crippen molar-refractivity contribution in [1.82, 2.24) is 19.7 Å². The first kappa shape index (κ1) is 27.7. The van der Waals surface area contributed by atoms with E-state index in [0.717, 1.165) is 18.5 Å². The summed E-state index contributed by atoms with van der Waals surface area (Å²) < 4.78 is 84.9. The van der Waals surface area contributed by atoms with Crippen LogP contribution in [0.2, 0.25) is 0 Å². The number of rotatable bonds is 9. The number of nitrogens with zero attached hydrogens (tertiary/aromatic N) is 3. The van der Waals surface area contributed by atoms with Gasteiger partial charge in [0.1, 0.15) is 17.1 Å². The summed E-state index contributed by atoms with van der Waals surface area (Å²) in [7, 11) is 0. The summed E-state index contributed by atoms with van der Waals surface area (Å²) in [6.07, 6.45) is -0.758. The molecule has 3 heterocycles. The van der Waals surface area contributed by atoms with Crippen LogP contribution in [0, 0.1) is 5.82 Å². The average Bonchev–Trinajstić information content (AvgIpc) is 2.84. The minimum absolute atomic E-state index is 0.155. The topological polar surface area (TPSA) is 102 Å². The number of ether oxygens (including phenoxy) is 1. The van der Waals surface area contributed by atoms with Gasteiger partial charge in [0, 0.05) is 24.3 Å². The normalized spacial score (nSPS) is 12.6. The molecule has 1 atom stereocenters. The van der Waals surface area contributed by atoms with Crippen molar-refractivity contribution in [3.63, 3.8) is 0 Å². The van der Waals surface area contributed by atoms with E-state index in [0.29, 0.717) is 23.8 Å². The Balaban J connectivity index is 1.46. The summed E-state index contributed by atoms with van der Waals surface area (Å²) in [5.41, 5.74) is -3.17. The van der Waals surface area contributed by atoms with Crippen molar-refractivity contribution in [2.24, 2.45) is 0 Å². The van der Waals surface area contributed by atoms with Crippen LogP contribution in [-0.4, -0.2) is 32.4 Å². The molecule has 0 radical (unpaired) electrons. The Labute approximate surface area is 216 Å².